The van der Waals surface area contributed by atoms with E-state index in [0.29, 0.717) is 6.54 Å². The van der Waals surface area contributed by atoms with Crippen LogP contribution in [0.25, 0.3) is 11.1 Å². The quantitative estimate of drug-likeness (QED) is 0.898. The van der Waals surface area contributed by atoms with Crippen molar-refractivity contribution in [3.05, 3.63) is 53.1 Å². The molecule has 0 saturated heterocycles. The molecule has 0 radical (unpaired) electrons. The molecule has 0 aromatic heterocycles. The van der Waals surface area contributed by atoms with E-state index in [1.54, 1.807) is 0 Å². The first kappa shape index (κ1) is 11.6. The summed E-state index contributed by atoms with van der Waals surface area (Å²) in [6.07, 6.45) is 1.03. The summed E-state index contributed by atoms with van der Waals surface area (Å²) in [4.78, 5) is 0. The number of rotatable bonds is 2. The molecule has 0 bridgehead atoms. The lowest BCUT2D eigenvalue weighted by Gasteiger charge is -2.07. The van der Waals surface area contributed by atoms with Crippen LogP contribution in [0.4, 0.5) is 0 Å². The number of halogens is 1. The van der Waals surface area contributed by atoms with Gasteiger partial charge in [0.2, 0.25) is 0 Å². The van der Waals surface area contributed by atoms with E-state index in [9.17, 15) is 0 Å². The van der Waals surface area contributed by atoms with E-state index in [0.717, 1.165) is 28.3 Å². The molecule has 0 saturated carbocycles. The van der Waals surface area contributed by atoms with Crippen LogP contribution in [-0.4, -0.2) is 12.6 Å². The minimum absolute atomic E-state index is 0.125. The summed E-state index contributed by atoms with van der Waals surface area (Å²) in [6, 6.07) is 14.1. The fraction of sp³-hybridized carbons (Fsp3) is 0.200. The fourth-order valence-corrected chi connectivity index (χ4v) is 2.38. The van der Waals surface area contributed by atoms with Crippen molar-refractivity contribution in [3.63, 3.8) is 0 Å². The Bertz CT molecular complexity index is 565. The Labute approximate surface area is 111 Å². The van der Waals surface area contributed by atoms with Gasteiger partial charge in [-0.15, -0.1) is 0 Å². The molecule has 0 aliphatic carbocycles. The Morgan fingerprint density at radius 2 is 1.83 bits per heavy atom. The summed E-state index contributed by atoms with van der Waals surface area (Å²) < 4.78 is 5.79. The Morgan fingerprint density at radius 1 is 1.11 bits per heavy atom. The molecule has 2 N–H and O–H groups in total. The average Bonchev–Trinajstić information content (AvgIpc) is 2.81. The molecule has 1 atom stereocenters. The Balaban J connectivity index is 1.94. The molecule has 3 rings (SSSR count). The van der Waals surface area contributed by atoms with Crippen molar-refractivity contribution in [1.29, 1.82) is 0 Å². The third-order valence-electron chi connectivity index (χ3n) is 3.25. The highest BCUT2D eigenvalue weighted by Gasteiger charge is 2.21. The van der Waals surface area contributed by atoms with Crippen LogP contribution in [-0.2, 0) is 6.42 Å². The SMILES string of the molecule is NC[C@H]1Cc2ccc(-c3ccc(Cl)cc3)cc2O1. The predicted molar refractivity (Wildman–Crippen MR) is 74.1 cm³/mol. The summed E-state index contributed by atoms with van der Waals surface area (Å²) in [7, 11) is 0. The lowest BCUT2D eigenvalue weighted by molar-refractivity contribution is 0.241. The highest BCUT2D eigenvalue weighted by Crippen LogP contribution is 2.33. The van der Waals surface area contributed by atoms with Gasteiger partial charge in [0.25, 0.3) is 0 Å². The molecule has 1 heterocycles. The second-order valence-electron chi connectivity index (χ2n) is 4.51. The van der Waals surface area contributed by atoms with E-state index in [4.69, 9.17) is 22.1 Å². The van der Waals surface area contributed by atoms with Crippen LogP contribution in [0.5, 0.6) is 5.75 Å². The number of nitrogens with two attached hydrogens (primary N) is 1. The van der Waals surface area contributed by atoms with Crippen molar-refractivity contribution < 1.29 is 4.74 Å². The second-order valence-corrected chi connectivity index (χ2v) is 4.95. The van der Waals surface area contributed by atoms with Gasteiger partial charge in [0.15, 0.2) is 0 Å². The zero-order valence-electron chi connectivity index (χ0n) is 9.90. The molecule has 18 heavy (non-hydrogen) atoms. The Kier molecular flexibility index (Phi) is 2.98. The van der Waals surface area contributed by atoms with E-state index in [2.05, 4.69) is 18.2 Å². The lowest BCUT2D eigenvalue weighted by Crippen LogP contribution is -2.24. The van der Waals surface area contributed by atoms with Crippen LogP contribution >= 0.6 is 11.6 Å². The van der Waals surface area contributed by atoms with Crippen LogP contribution in [0.3, 0.4) is 0 Å². The minimum atomic E-state index is 0.125. The molecule has 2 nitrogen and oxygen atoms in total. The third kappa shape index (κ3) is 2.09. The maximum Gasteiger partial charge on any atom is 0.123 e. The molecule has 0 unspecified atom stereocenters. The van der Waals surface area contributed by atoms with Crippen LogP contribution < -0.4 is 10.5 Å². The van der Waals surface area contributed by atoms with Gasteiger partial charge in [-0.1, -0.05) is 35.9 Å². The molecule has 0 fully saturated rings. The number of ether oxygens (including phenoxy) is 1. The van der Waals surface area contributed by atoms with Gasteiger partial charge in [-0.25, -0.2) is 0 Å². The van der Waals surface area contributed by atoms with Crippen molar-refractivity contribution >= 4 is 11.6 Å². The summed E-state index contributed by atoms with van der Waals surface area (Å²) in [5.74, 6) is 0.956. The van der Waals surface area contributed by atoms with Crippen molar-refractivity contribution in [2.45, 2.75) is 12.5 Å². The fourth-order valence-electron chi connectivity index (χ4n) is 2.25. The smallest absolute Gasteiger partial charge is 0.123 e. The maximum atomic E-state index is 5.89. The first-order valence-electron chi connectivity index (χ1n) is 6.02. The first-order chi connectivity index (χ1) is 8.76. The predicted octanol–water partition coefficient (Wildman–Crippen LogP) is 3.27. The van der Waals surface area contributed by atoms with Crippen molar-refractivity contribution in [2.75, 3.05) is 6.54 Å². The topological polar surface area (TPSA) is 35.2 Å². The molecular formula is C15H14ClNO. The Morgan fingerprint density at radius 3 is 2.56 bits per heavy atom. The van der Waals surface area contributed by atoms with Gasteiger partial charge in [-0.2, -0.15) is 0 Å². The summed E-state index contributed by atoms with van der Waals surface area (Å²) in [6.45, 7) is 0.560. The zero-order valence-corrected chi connectivity index (χ0v) is 10.7. The number of benzene rings is 2. The summed E-state index contributed by atoms with van der Waals surface area (Å²) in [5, 5.41) is 0.749. The van der Waals surface area contributed by atoms with Gasteiger partial charge in [0, 0.05) is 18.0 Å². The monoisotopic (exact) mass is 259 g/mol. The first-order valence-corrected chi connectivity index (χ1v) is 6.39. The van der Waals surface area contributed by atoms with Gasteiger partial charge in [0.05, 0.1) is 0 Å². The van der Waals surface area contributed by atoms with Crippen molar-refractivity contribution in [3.8, 4) is 16.9 Å². The van der Waals surface area contributed by atoms with Gasteiger partial charge in [-0.05, 0) is 34.9 Å². The molecule has 0 amide bonds. The molecule has 92 valence electrons. The van der Waals surface area contributed by atoms with Gasteiger partial charge in [-0.3, -0.25) is 0 Å². The standard InChI is InChI=1S/C15H14ClNO/c16-13-5-3-10(4-6-13)11-1-2-12-7-14(9-17)18-15(12)8-11/h1-6,8,14H,7,9,17H2/t14-/m1/s1. The van der Waals surface area contributed by atoms with Gasteiger partial charge < -0.3 is 10.5 Å². The van der Waals surface area contributed by atoms with Crippen LogP contribution in [0.2, 0.25) is 5.02 Å². The molecule has 3 heteroatoms. The highest BCUT2D eigenvalue weighted by molar-refractivity contribution is 6.30. The zero-order chi connectivity index (χ0) is 12.5. The van der Waals surface area contributed by atoms with Gasteiger partial charge in [0.1, 0.15) is 11.9 Å². The van der Waals surface area contributed by atoms with Crippen molar-refractivity contribution in [1.82, 2.24) is 0 Å². The molecule has 2 aromatic carbocycles. The summed E-state index contributed by atoms with van der Waals surface area (Å²) in [5.41, 5.74) is 9.16. The van der Waals surface area contributed by atoms with Crippen LogP contribution in [0.1, 0.15) is 5.56 Å². The minimum Gasteiger partial charge on any atom is -0.488 e. The van der Waals surface area contributed by atoms with Crippen LogP contribution in [0.15, 0.2) is 42.5 Å². The highest BCUT2D eigenvalue weighted by atomic mass is 35.5. The molecule has 2 aromatic rings. The summed E-state index contributed by atoms with van der Waals surface area (Å²) >= 11 is 5.89. The largest absolute Gasteiger partial charge is 0.488 e. The lowest BCUT2D eigenvalue weighted by atomic mass is 10.0. The van der Waals surface area contributed by atoms with Gasteiger partial charge >= 0.3 is 0 Å². The molecular weight excluding hydrogens is 246 g/mol. The van der Waals surface area contributed by atoms with E-state index in [-0.39, 0.29) is 6.10 Å². The normalized spacial score (nSPS) is 17.3. The number of hydrogen-bond acceptors (Lipinski definition) is 2. The van der Waals surface area contributed by atoms with Crippen LogP contribution in [0, 0.1) is 0 Å². The Hall–Kier alpha value is -1.51. The van der Waals surface area contributed by atoms with E-state index < -0.39 is 0 Å². The number of fused-ring (bicyclic) bond motifs is 1. The molecule has 1 aliphatic heterocycles. The third-order valence-corrected chi connectivity index (χ3v) is 3.50. The average molecular weight is 260 g/mol. The van der Waals surface area contributed by atoms with E-state index in [1.807, 2.05) is 24.3 Å². The van der Waals surface area contributed by atoms with Crippen molar-refractivity contribution in [2.24, 2.45) is 5.73 Å². The van der Waals surface area contributed by atoms with E-state index >= 15 is 0 Å². The maximum absolute atomic E-state index is 5.89. The second kappa shape index (κ2) is 4.63. The molecule has 0 spiro atoms. The van der Waals surface area contributed by atoms with E-state index in [1.165, 1.54) is 5.56 Å². The molecule has 1 aliphatic rings. The number of hydrogen-bond donors (Lipinski definition) is 1.